The molecule has 1 saturated carbocycles. The van der Waals surface area contributed by atoms with Crippen molar-refractivity contribution in [1.82, 2.24) is 0 Å². The molecule has 0 amide bonds. The van der Waals surface area contributed by atoms with Crippen molar-refractivity contribution in [2.24, 2.45) is 11.3 Å². The maximum atomic E-state index is 13.0. The Balaban J connectivity index is 2.06. The number of fused-ring (bicyclic) bond motifs is 1. The summed E-state index contributed by atoms with van der Waals surface area (Å²) in [6, 6.07) is 1.74. The Bertz CT molecular complexity index is 766. The minimum absolute atomic E-state index is 0.0179. The van der Waals surface area contributed by atoms with Gasteiger partial charge in [-0.15, -0.1) is 0 Å². The minimum Gasteiger partial charge on any atom is -0.504 e. The normalized spacial score (nSPS) is 35.3. The zero-order valence-corrected chi connectivity index (χ0v) is 15.2. The smallest absolute Gasteiger partial charge is 0.317 e. The molecule has 3 N–H and O–H groups in total. The number of carbonyl (C=O) groups is 1. The van der Waals surface area contributed by atoms with E-state index in [1.807, 2.05) is 13.8 Å². The summed E-state index contributed by atoms with van der Waals surface area (Å²) in [4.78, 5) is 13.0. The highest BCUT2D eigenvalue weighted by molar-refractivity contribution is 5.90. The molecule has 2 fully saturated rings. The number of hydrogen-bond acceptors (Lipinski definition) is 5. The SMILES string of the molecule is CC(C)c1cc2c(c(O)c1O)[C@@]13CCCC(C)(C)[C@@H]1C(OC3=O)[C@H]2O. The van der Waals surface area contributed by atoms with Crippen LogP contribution in [0.2, 0.25) is 0 Å². The van der Waals surface area contributed by atoms with Crippen LogP contribution in [0.15, 0.2) is 6.07 Å². The van der Waals surface area contributed by atoms with Crippen molar-refractivity contribution in [1.29, 1.82) is 0 Å². The number of aliphatic hydroxyl groups is 1. The van der Waals surface area contributed by atoms with E-state index in [0.29, 0.717) is 23.1 Å². The van der Waals surface area contributed by atoms with E-state index in [2.05, 4.69) is 13.8 Å². The van der Waals surface area contributed by atoms with Crippen LogP contribution in [0.5, 0.6) is 11.5 Å². The van der Waals surface area contributed by atoms with E-state index < -0.39 is 17.6 Å². The second-order valence-electron chi connectivity index (χ2n) is 8.89. The quantitative estimate of drug-likeness (QED) is 0.537. The number of hydrogen-bond donors (Lipinski definition) is 3. The maximum absolute atomic E-state index is 13.0. The third kappa shape index (κ3) is 1.85. The molecule has 1 aliphatic heterocycles. The van der Waals surface area contributed by atoms with E-state index in [-0.39, 0.29) is 34.7 Å². The first-order chi connectivity index (χ1) is 11.6. The molecule has 4 rings (SSSR count). The van der Waals surface area contributed by atoms with E-state index in [1.165, 1.54) is 0 Å². The molecular weight excluding hydrogens is 320 g/mol. The fourth-order valence-electron chi connectivity index (χ4n) is 5.70. The largest absolute Gasteiger partial charge is 0.504 e. The first-order valence-corrected chi connectivity index (χ1v) is 9.11. The van der Waals surface area contributed by atoms with Crippen LogP contribution >= 0.6 is 0 Å². The van der Waals surface area contributed by atoms with Gasteiger partial charge in [0.1, 0.15) is 17.6 Å². The van der Waals surface area contributed by atoms with Crippen LogP contribution < -0.4 is 0 Å². The number of aliphatic hydroxyl groups excluding tert-OH is 1. The molecule has 1 saturated heterocycles. The number of aromatic hydroxyl groups is 2. The molecule has 1 aromatic rings. The fraction of sp³-hybridized carbons (Fsp3) is 0.650. The molecule has 0 radical (unpaired) electrons. The summed E-state index contributed by atoms with van der Waals surface area (Å²) >= 11 is 0. The van der Waals surface area contributed by atoms with Crippen molar-refractivity contribution in [3.05, 3.63) is 22.8 Å². The topological polar surface area (TPSA) is 87.0 Å². The highest BCUT2D eigenvalue weighted by Gasteiger charge is 2.70. The van der Waals surface area contributed by atoms with Crippen LogP contribution in [0.1, 0.15) is 75.7 Å². The average Bonchev–Trinajstić information content (AvgIpc) is 2.79. The lowest BCUT2D eigenvalue weighted by atomic mass is 9.49. The second-order valence-corrected chi connectivity index (χ2v) is 8.89. The molecule has 4 atom stereocenters. The Morgan fingerprint density at radius 1 is 1.20 bits per heavy atom. The Morgan fingerprint density at radius 2 is 1.88 bits per heavy atom. The molecule has 0 aromatic heterocycles. The molecule has 1 aromatic carbocycles. The van der Waals surface area contributed by atoms with Gasteiger partial charge in [0, 0.05) is 17.0 Å². The third-order valence-corrected chi connectivity index (χ3v) is 6.73. The van der Waals surface area contributed by atoms with Crippen LogP contribution in [0, 0.1) is 11.3 Å². The lowest BCUT2D eigenvalue weighted by molar-refractivity contribution is -0.148. The monoisotopic (exact) mass is 346 g/mol. The summed E-state index contributed by atoms with van der Waals surface area (Å²) in [5, 5.41) is 32.4. The molecule has 0 spiro atoms. The minimum atomic E-state index is -0.985. The molecule has 2 bridgehead atoms. The number of benzene rings is 1. The van der Waals surface area contributed by atoms with Gasteiger partial charge in [-0.05, 0) is 35.8 Å². The number of rotatable bonds is 1. The van der Waals surface area contributed by atoms with Crippen LogP contribution in [0.25, 0.3) is 0 Å². The van der Waals surface area contributed by atoms with Crippen molar-refractivity contribution in [2.45, 2.75) is 70.5 Å². The van der Waals surface area contributed by atoms with Gasteiger partial charge in [-0.2, -0.15) is 0 Å². The molecule has 2 aliphatic carbocycles. The summed E-state index contributed by atoms with van der Waals surface area (Å²) in [6.07, 6.45) is 0.767. The van der Waals surface area contributed by atoms with Gasteiger partial charge < -0.3 is 20.1 Å². The zero-order valence-electron chi connectivity index (χ0n) is 15.2. The van der Waals surface area contributed by atoms with Crippen molar-refractivity contribution >= 4 is 5.97 Å². The molecule has 136 valence electrons. The Morgan fingerprint density at radius 3 is 2.52 bits per heavy atom. The maximum Gasteiger partial charge on any atom is 0.317 e. The van der Waals surface area contributed by atoms with Crippen molar-refractivity contribution in [3.63, 3.8) is 0 Å². The average molecular weight is 346 g/mol. The summed E-state index contributed by atoms with van der Waals surface area (Å²) < 4.78 is 5.67. The summed E-state index contributed by atoms with van der Waals surface area (Å²) in [7, 11) is 0. The number of phenols is 2. The number of ether oxygens (including phenoxy) is 1. The van der Waals surface area contributed by atoms with E-state index in [0.717, 1.165) is 12.8 Å². The fourth-order valence-corrected chi connectivity index (χ4v) is 5.70. The molecule has 1 unspecified atom stereocenters. The van der Waals surface area contributed by atoms with Crippen LogP contribution in [-0.2, 0) is 14.9 Å². The van der Waals surface area contributed by atoms with E-state index in [4.69, 9.17) is 4.74 Å². The van der Waals surface area contributed by atoms with Gasteiger partial charge in [0.05, 0.1) is 0 Å². The van der Waals surface area contributed by atoms with Crippen molar-refractivity contribution in [2.75, 3.05) is 0 Å². The van der Waals surface area contributed by atoms with Gasteiger partial charge in [-0.1, -0.05) is 34.1 Å². The predicted octanol–water partition coefficient (Wildman–Crippen LogP) is 3.26. The highest BCUT2D eigenvalue weighted by Crippen LogP contribution is 2.66. The first kappa shape index (κ1) is 16.7. The van der Waals surface area contributed by atoms with Crippen LogP contribution in [0.4, 0.5) is 0 Å². The summed E-state index contributed by atoms with van der Waals surface area (Å²) in [5.74, 6) is -1.05. The van der Waals surface area contributed by atoms with Crippen LogP contribution in [-0.4, -0.2) is 27.4 Å². The molecule has 5 heteroatoms. The number of phenolic OH excluding ortho intramolecular Hbond substituents is 2. The lowest BCUT2D eigenvalue weighted by Gasteiger charge is -2.51. The van der Waals surface area contributed by atoms with Gasteiger partial charge in [-0.25, -0.2) is 0 Å². The van der Waals surface area contributed by atoms with Crippen molar-refractivity contribution < 1.29 is 24.9 Å². The van der Waals surface area contributed by atoms with Gasteiger partial charge in [0.2, 0.25) is 0 Å². The zero-order chi connectivity index (χ0) is 18.3. The van der Waals surface area contributed by atoms with Gasteiger partial charge >= 0.3 is 5.97 Å². The van der Waals surface area contributed by atoms with E-state index in [1.54, 1.807) is 6.07 Å². The third-order valence-electron chi connectivity index (χ3n) is 6.73. The molecule has 25 heavy (non-hydrogen) atoms. The van der Waals surface area contributed by atoms with Crippen LogP contribution in [0.3, 0.4) is 0 Å². The second kappa shape index (κ2) is 4.91. The molecule has 1 heterocycles. The lowest BCUT2D eigenvalue weighted by Crippen LogP contribution is -2.54. The summed E-state index contributed by atoms with van der Waals surface area (Å²) in [6.45, 7) is 8.02. The highest BCUT2D eigenvalue weighted by atomic mass is 16.6. The Kier molecular flexibility index (Phi) is 3.28. The van der Waals surface area contributed by atoms with E-state index >= 15 is 0 Å². The van der Waals surface area contributed by atoms with Gasteiger partial charge in [-0.3, -0.25) is 4.79 Å². The first-order valence-electron chi connectivity index (χ1n) is 9.11. The number of carbonyl (C=O) groups excluding carboxylic acids is 1. The molecule has 5 nitrogen and oxygen atoms in total. The summed E-state index contributed by atoms with van der Waals surface area (Å²) in [5.41, 5.74) is 0.319. The van der Waals surface area contributed by atoms with Gasteiger partial charge in [0.25, 0.3) is 0 Å². The predicted molar refractivity (Wildman–Crippen MR) is 91.5 cm³/mol. The molecule has 3 aliphatic rings. The molecular formula is C20H26O5. The Labute approximate surface area is 147 Å². The number of esters is 1. The van der Waals surface area contributed by atoms with Gasteiger partial charge in [0.15, 0.2) is 11.5 Å². The van der Waals surface area contributed by atoms with Crippen molar-refractivity contribution in [3.8, 4) is 11.5 Å². The van der Waals surface area contributed by atoms with E-state index in [9.17, 15) is 20.1 Å². The standard InChI is InChI=1S/C20H26O5/c1-9(2)10-8-11-12(15(23)13(10)21)20-7-5-6-19(3,4)17(20)16(14(11)22)25-18(20)24/h8-9,14,16-17,21-23H,5-7H2,1-4H3/t14-,16?,17-,20-/m0/s1. The Hall–Kier alpha value is -1.75.